The summed E-state index contributed by atoms with van der Waals surface area (Å²) in [5.74, 6) is -7.22. The molecule has 36 atom stereocenters. The van der Waals surface area contributed by atoms with Crippen LogP contribution in [0, 0.1) is 0 Å². The highest BCUT2D eigenvalue weighted by Gasteiger charge is 2.62. The third-order valence-corrected chi connectivity index (χ3v) is 16.3. The lowest BCUT2D eigenvalue weighted by atomic mass is 9.88. The maximum atomic E-state index is 13.2. The zero-order valence-electron chi connectivity index (χ0n) is 47.5. The molecule has 7 saturated heterocycles. The third-order valence-electron chi connectivity index (χ3n) is 16.3. The van der Waals surface area contributed by atoms with Crippen LogP contribution in [0.25, 0.3) is 0 Å². The number of hydrogen-bond donors (Lipinski definition) is 24. The molecular weight excluding hydrogens is 1220 g/mol. The van der Waals surface area contributed by atoms with Gasteiger partial charge in [-0.05, 0) is 6.92 Å². The molecule has 0 aliphatic carbocycles. The van der Waals surface area contributed by atoms with Gasteiger partial charge in [-0.15, -0.1) is 0 Å². The van der Waals surface area contributed by atoms with Crippen molar-refractivity contribution in [1.82, 2.24) is 10.6 Å². The van der Waals surface area contributed by atoms with Crippen molar-refractivity contribution >= 4 is 17.8 Å². The van der Waals surface area contributed by atoms with Gasteiger partial charge in [-0.1, -0.05) is 0 Å². The van der Waals surface area contributed by atoms with Crippen molar-refractivity contribution in [3.8, 4) is 0 Å². The Kier molecular flexibility index (Phi) is 25.6. The Morgan fingerprint density at radius 1 is 0.483 bits per heavy atom. The van der Waals surface area contributed by atoms with Gasteiger partial charge in [0.05, 0.1) is 57.9 Å². The first-order valence-electron chi connectivity index (χ1n) is 28.1. The van der Waals surface area contributed by atoms with Crippen LogP contribution in [0.5, 0.6) is 0 Å². The van der Waals surface area contributed by atoms with E-state index in [1.807, 2.05) is 0 Å². The zero-order chi connectivity index (χ0) is 66.0. The fraction of sp³-hybridized carbons (Fsp3) is 0.939. The number of hydrogen-bond acceptors (Lipinski definition) is 37. The molecule has 7 rings (SSSR count). The van der Waals surface area contributed by atoms with Crippen molar-refractivity contribution in [2.45, 2.75) is 248 Å². The maximum absolute atomic E-state index is 13.2. The van der Waals surface area contributed by atoms with Crippen LogP contribution in [0.2, 0.25) is 0 Å². The van der Waals surface area contributed by atoms with E-state index in [1.54, 1.807) is 0 Å². The average molecular weight is 1310 g/mol. The number of carbonyl (C=O) groups is 3. The van der Waals surface area contributed by atoms with Gasteiger partial charge in [-0.3, -0.25) is 9.59 Å². The topological polar surface area (TPSA) is 640 Å². The summed E-state index contributed by atoms with van der Waals surface area (Å²) in [4.78, 5) is 38.5. The van der Waals surface area contributed by atoms with Gasteiger partial charge in [0, 0.05) is 20.3 Å². The lowest BCUT2D eigenvalue weighted by molar-refractivity contribution is -0.396. The molecule has 0 spiro atoms. The van der Waals surface area contributed by atoms with Gasteiger partial charge in [0.15, 0.2) is 37.7 Å². The second-order valence-electron chi connectivity index (χ2n) is 22.5. The van der Waals surface area contributed by atoms with Crippen molar-refractivity contribution in [3.63, 3.8) is 0 Å². The first-order chi connectivity index (χ1) is 41.9. The maximum Gasteiger partial charge on any atom is 0.364 e. The van der Waals surface area contributed by atoms with Crippen LogP contribution in [-0.2, 0) is 76.0 Å². The molecular formula is C49H82N2O38. The number of amides is 2. The summed E-state index contributed by atoms with van der Waals surface area (Å²) in [6, 6.07) is -3.57. The predicted molar refractivity (Wildman–Crippen MR) is 271 cm³/mol. The number of nitrogens with one attached hydrogen (secondary N) is 2. The molecule has 0 aromatic heterocycles. The molecule has 89 heavy (non-hydrogen) atoms. The van der Waals surface area contributed by atoms with Gasteiger partial charge in [0.1, 0.15) is 159 Å². The second-order valence-corrected chi connectivity index (χ2v) is 22.5. The van der Waals surface area contributed by atoms with E-state index in [9.17, 15) is 127 Å². The number of carboxylic acid groups (broad SMARTS) is 1. The summed E-state index contributed by atoms with van der Waals surface area (Å²) in [6.45, 7) is -3.44. The Morgan fingerprint density at radius 3 is 1.51 bits per heavy atom. The van der Waals surface area contributed by atoms with Crippen LogP contribution in [-0.4, -0.2) is 390 Å². The van der Waals surface area contributed by atoms with Crippen LogP contribution in [0.3, 0.4) is 0 Å². The fourth-order valence-electron chi connectivity index (χ4n) is 11.3. The second kappa shape index (κ2) is 31.1. The predicted octanol–water partition coefficient (Wildman–Crippen LogP) is -15.8. The lowest BCUT2D eigenvalue weighted by Crippen LogP contribution is -2.71. The van der Waals surface area contributed by atoms with Gasteiger partial charge in [-0.2, -0.15) is 0 Å². The molecule has 0 aromatic carbocycles. The minimum absolute atomic E-state index is 0.863. The molecule has 7 aliphatic rings. The molecule has 0 aromatic rings. The van der Waals surface area contributed by atoms with Gasteiger partial charge >= 0.3 is 5.97 Å². The summed E-state index contributed by atoms with van der Waals surface area (Å²) in [7, 11) is 0. The summed E-state index contributed by atoms with van der Waals surface area (Å²) in [5, 5.41) is 243. The van der Waals surface area contributed by atoms with E-state index in [4.69, 9.17) is 61.6 Å². The molecule has 2 amide bonds. The van der Waals surface area contributed by atoms with E-state index < -0.39 is 284 Å². The molecule has 0 bridgehead atoms. The molecule has 0 radical (unpaired) electrons. The van der Waals surface area contributed by atoms with Crippen LogP contribution < -0.4 is 10.6 Å². The molecule has 24 N–H and O–H groups in total. The minimum Gasteiger partial charge on any atom is -0.477 e. The number of carboxylic acids is 1. The standard InChI is InChI=1S/C49H82N2O38/c1-11-23(61)28(66)32(70)44(78-11)86-39-22(51-13(3)58)43(82-19(9-56)37(39)85-45-33(71)29(67)25(63)16(6-53)80-45)77-10-20-27(65)40(34(72)46(83-20)84-36-18(8-55)79-42(74)31(69)30(36)68)87-47-35(73)41(26(64)17(7-54)81-47)89-49(48(75)76)4-14(59)21(50-12(2)57)38(88-49)24(62)15(60)5-52/h11,14-47,52-56,59-74H,4-10H2,1-3H3,(H,50,57)(H,51,58)(H,75,76)/t11-,14-,15+,16+,17+,18+,19+,20+,21+,22+,23+,24+,25-,26-,27-,28+,29-,30+,31+,32-,33+,34+,35+,36+,37+,38+,39+,40-,41-,42?,43+,44-,45-,46-,47-,49-/m0/s1. The first kappa shape index (κ1) is 73.5. The van der Waals surface area contributed by atoms with Gasteiger partial charge in [0.25, 0.3) is 5.79 Å². The smallest absolute Gasteiger partial charge is 0.364 e. The van der Waals surface area contributed by atoms with Gasteiger partial charge < -0.3 is 185 Å². The third kappa shape index (κ3) is 15.7. The number of rotatable bonds is 23. The number of aliphatic carboxylic acids is 1. The van der Waals surface area contributed by atoms with E-state index in [2.05, 4.69) is 10.6 Å². The molecule has 1 unspecified atom stereocenters. The summed E-state index contributed by atoms with van der Waals surface area (Å²) >= 11 is 0. The molecule has 7 fully saturated rings. The fourth-order valence-corrected chi connectivity index (χ4v) is 11.3. The minimum atomic E-state index is -3.29. The molecule has 40 nitrogen and oxygen atoms in total. The summed E-state index contributed by atoms with van der Waals surface area (Å²) < 4.78 is 75.5. The molecule has 0 saturated carbocycles. The lowest BCUT2D eigenvalue weighted by Gasteiger charge is -2.51. The monoisotopic (exact) mass is 1310 g/mol. The Balaban J connectivity index is 1.23. The van der Waals surface area contributed by atoms with E-state index >= 15 is 0 Å². The van der Waals surface area contributed by atoms with Crippen LogP contribution in [0.15, 0.2) is 0 Å². The quantitative estimate of drug-likeness (QED) is 0.0452. The Hall–Kier alpha value is -2.95. The molecule has 7 heterocycles. The molecule has 516 valence electrons. The van der Waals surface area contributed by atoms with Gasteiger partial charge in [0.2, 0.25) is 11.8 Å². The van der Waals surface area contributed by atoms with Crippen LogP contribution >= 0.6 is 0 Å². The Morgan fingerprint density at radius 2 is 0.944 bits per heavy atom. The Labute approximate surface area is 503 Å². The first-order valence-corrected chi connectivity index (χ1v) is 28.1. The molecule has 40 heteroatoms. The van der Waals surface area contributed by atoms with Crippen molar-refractivity contribution in [2.75, 3.05) is 39.6 Å². The van der Waals surface area contributed by atoms with Crippen molar-refractivity contribution in [3.05, 3.63) is 0 Å². The number of carbonyl (C=O) groups excluding carboxylic acids is 2. The van der Waals surface area contributed by atoms with Crippen LogP contribution in [0.4, 0.5) is 0 Å². The van der Waals surface area contributed by atoms with Crippen molar-refractivity contribution in [2.24, 2.45) is 0 Å². The summed E-state index contributed by atoms with van der Waals surface area (Å²) in [5.41, 5.74) is 0. The van der Waals surface area contributed by atoms with Crippen LogP contribution in [0.1, 0.15) is 27.2 Å². The highest BCUT2D eigenvalue weighted by atomic mass is 16.8. The van der Waals surface area contributed by atoms with E-state index in [0.717, 1.165) is 13.8 Å². The number of ether oxygens (including phenoxy) is 13. The molecule has 7 aliphatic heterocycles. The Bertz CT molecular complexity index is 2270. The zero-order valence-corrected chi connectivity index (χ0v) is 47.5. The van der Waals surface area contributed by atoms with E-state index in [0.29, 0.717) is 0 Å². The normalized spacial score (nSPS) is 48.9. The summed E-state index contributed by atoms with van der Waals surface area (Å²) in [6.07, 6.45) is -69.7. The van der Waals surface area contributed by atoms with Crippen molar-refractivity contribution in [1.29, 1.82) is 0 Å². The largest absolute Gasteiger partial charge is 0.477 e. The van der Waals surface area contributed by atoms with E-state index in [-0.39, 0.29) is 0 Å². The average Bonchev–Trinajstić information content (AvgIpc) is 0.901. The van der Waals surface area contributed by atoms with Gasteiger partial charge in [-0.25, -0.2) is 4.79 Å². The van der Waals surface area contributed by atoms with E-state index in [1.165, 1.54) is 6.92 Å². The highest BCUT2D eigenvalue weighted by molar-refractivity contribution is 5.76. The highest BCUT2D eigenvalue weighted by Crippen LogP contribution is 2.40. The number of aliphatic hydroxyl groups is 21. The van der Waals surface area contributed by atoms with Crippen molar-refractivity contribution < 1.29 is 188 Å². The SMILES string of the molecule is CC(=O)N[C@H]1[C@H](OC[C@H]2O[C@@H](O[C@H]3[C@H](O)[C@@H](O)C(O)O[C@@H]3CO)[C@H](O)[C@@H](O[C@@H]3O[C@H](CO)[C@H](O)[C@H](O[C@]4(C(=O)O)C[C@H](O)[C@@H](NC(C)=O)[C@H]([C@H](O)[C@H](O)CO)O4)[C@H]3O)[C@H]2O)O[C@H](CO)[C@@H](O[C@@H]2O[C@H](CO)[C@H](O)[C@H](O)[C@H]2O)[C@@H]1O[C@@H]1O[C@@H](C)[C@@H](O)[C@@H](O)[C@@H]1O. The number of aliphatic hydroxyl groups excluding tert-OH is 21.